The van der Waals surface area contributed by atoms with Crippen LogP contribution in [0.1, 0.15) is 12.8 Å². The molecule has 2 heterocycles. The lowest BCUT2D eigenvalue weighted by atomic mass is 10.0. The number of aliphatic hydroxyl groups excluding tert-OH is 5. The van der Waals surface area contributed by atoms with E-state index in [1.54, 1.807) is 0 Å². The number of nitrogens with two attached hydrogens (primary N) is 1. The average molecular weight is 325 g/mol. The van der Waals surface area contributed by atoms with Gasteiger partial charge in [0.2, 0.25) is 0 Å². The summed E-state index contributed by atoms with van der Waals surface area (Å²) in [6.07, 6.45) is -8.11. The van der Waals surface area contributed by atoms with Gasteiger partial charge in [-0.25, -0.2) is 5.90 Å². The molecule has 6 unspecified atom stereocenters. The summed E-state index contributed by atoms with van der Waals surface area (Å²) in [5.74, 6) is 5.01. The standard InChI is InChI=1S/C12H23NO9/c13-22-10-2-6(16)12(18)8(21-10)4-19-9-1-5(15)11(17)7(3-14)20-9/h5-12,14-18H,1-4,13H2/t5?,6?,7?,8?,9?,10-,11?,12+/m1/s1. The number of hydrogen-bond donors (Lipinski definition) is 6. The lowest BCUT2D eigenvalue weighted by Crippen LogP contribution is -2.53. The fraction of sp³-hybridized carbons (Fsp3) is 1.00. The first-order valence-corrected chi connectivity index (χ1v) is 7.07. The summed E-state index contributed by atoms with van der Waals surface area (Å²) < 4.78 is 16.0. The first-order valence-electron chi connectivity index (χ1n) is 7.07. The van der Waals surface area contributed by atoms with E-state index < -0.39 is 55.8 Å². The second-order valence-corrected chi connectivity index (χ2v) is 5.45. The average Bonchev–Trinajstić information content (AvgIpc) is 2.51. The van der Waals surface area contributed by atoms with Crippen LogP contribution < -0.4 is 5.90 Å². The number of hydrogen-bond acceptors (Lipinski definition) is 10. The van der Waals surface area contributed by atoms with Crippen LogP contribution in [0.2, 0.25) is 0 Å². The van der Waals surface area contributed by atoms with Crippen LogP contribution >= 0.6 is 0 Å². The normalized spacial score (nSPS) is 46.6. The maximum atomic E-state index is 9.85. The van der Waals surface area contributed by atoms with Crippen molar-refractivity contribution >= 4 is 0 Å². The summed E-state index contributed by atoms with van der Waals surface area (Å²) >= 11 is 0. The molecule has 0 aromatic heterocycles. The van der Waals surface area contributed by atoms with E-state index in [9.17, 15) is 20.4 Å². The molecule has 0 aromatic rings. The highest BCUT2D eigenvalue weighted by Crippen LogP contribution is 2.24. The summed E-state index contributed by atoms with van der Waals surface area (Å²) in [6, 6.07) is 0. The second-order valence-electron chi connectivity index (χ2n) is 5.45. The van der Waals surface area contributed by atoms with Gasteiger partial charge in [-0.15, -0.1) is 0 Å². The Balaban J connectivity index is 1.86. The summed E-state index contributed by atoms with van der Waals surface area (Å²) in [7, 11) is 0. The van der Waals surface area contributed by atoms with Gasteiger partial charge in [0.25, 0.3) is 0 Å². The van der Waals surface area contributed by atoms with Crippen LogP contribution in [-0.2, 0) is 19.0 Å². The molecular formula is C12H23NO9. The zero-order valence-corrected chi connectivity index (χ0v) is 11.9. The van der Waals surface area contributed by atoms with Crippen LogP contribution in [0.4, 0.5) is 0 Å². The molecule has 0 saturated carbocycles. The van der Waals surface area contributed by atoms with Crippen LogP contribution in [0.15, 0.2) is 0 Å². The van der Waals surface area contributed by atoms with Crippen LogP contribution in [0.5, 0.6) is 0 Å². The first-order chi connectivity index (χ1) is 10.5. The van der Waals surface area contributed by atoms with Crippen molar-refractivity contribution in [2.24, 2.45) is 5.90 Å². The van der Waals surface area contributed by atoms with Crippen molar-refractivity contribution in [3.05, 3.63) is 0 Å². The molecule has 0 bridgehead atoms. The van der Waals surface area contributed by atoms with Crippen molar-refractivity contribution < 1.29 is 44.6 Å². The van der Waals surface area contributed by atoms with Gasteiger partial charge >= 0.3 is 0 Å². The molecule has 8 atom stereocenters. The van der Waals surface area contributed by atoms with Crippen LogP contribution in [0.3, 0.4) is 0 Å². The van der Waals surface area contributed by atoms with E-state index in [0.29, 0.717) is 0 Å². The van der Waals surface area contributed by atoms with E-state index in [1.807, 2.05) is 0 Å². The minimum absolute atomic E-state index is 0.000146. The summed E-state index contributed by atoms with van der Waals surface area (Å²) in [4.78, 5) is 4.51. The van der Waals surface area contributed by atoms with Crippen molar-refractivity contribution in [1.82, 2.24) is 0 Å². The Hall–Kier alpha value is -0.400. The van der Waals surface area contributed by atoms with Crippen molar-refractivity contribution in [1.29, 1.82) is 0 Å². The molecular weight excluding hydrogens is 302 g/mol. The van der Waals surface area contributed by atoms with E-state index >= 15 is 0 Å². The van der Waals surface area contributed by atoms with Crippen molar-refractivity contribution in [3.8, 4) is 0 Å². The maximum Gasteiger partial charge on any atom is 0.180 e. The maximum absolute atomic E-state index is 9.85. The van der Waals surface area contributed by atoms with Crippen molar-refractivity contribution in [3.63, 3.8) is 0 Å². The quantitative estimate of drug-likeness (QED) is 0.280. The molecule has 0 spiro atoms. The van der Waals surface area contributed by atoms with Crippen LogP contribution in [0.25, 0.3) is 0 Å². The molecule has 0 radical (unpaired) electrons. The zero-order valence-electron chi connectivity index (χ0n) is 11.9. The fourth-order valence-corrected chi connectivity index (χ4v) is 2.52. The van der Waals surface area contributed by atoms with Crippen LogP contribution in [0, 0.1) is 0 Å². The van der Waals surface area contributed by atoms with Gasteiger partial charge in [0.1, 0.15) is 24.4 Å². The molecule has 0 amide bonds. The highest BCUT2D eigenvalue weighted by molar-refractivity contribution is 4.85. The molecule has 2 aliphatic heterocycles. The van der Waals surface area contributed by atoms with Gasteiger partial charge in [0.05, 0.1) is 25.4 Å². The highest BCUT2D eigenvalue weighted by Gasteiger charge is 2.40. The van der Waals surface area contributed by atoms with Gasteiger partial charge in [-0.1, -0.05) is 0 Å². The molecule has 130 valence electrons. The molecule has 10 heteroatoms. The zero-order chi connectivity index (χ0) is 16.3. The third-order valence-electron chi connectivity index (χ3n) is 3.85. The Morgan fingerprint density at radius 2 is 1.45 bits per heavy atom. The highest BCUT2D eigenvalue weighted by atomic mass is 16.8. The smallest absolute Gasteiger partial charge is 0.180 e. The number of ether oxygens (including phenoxy) is 3. The van der Waals surface area contributed by atoms with E-state index in [4.69, 9.17) is 25.2 Å². The predicted octanol–water partition coefficient (Wildman–Crippen LogP) is -3.44. The lowest BCUT2D eigenvalue weighted by molar-refractivity contribution is -0.292. The van der Waals surface area contributed by atoms with E-state index in [1.165, 1.54) is 0 Å². The van der Waals surface area contributed by atoms with E-state index in [0.717, 1.165) is 0 Å². The largest absolute Gasteiger partial charge is 0.394 e. The Morgan fingerprint density at radius 1 is 0.909 bits per heavy atom. The molecule has 10 nitrogen and oxygen atoms in total. The predicted molar refractivity (Wildman–Crippen MR) is 68.9 cm³/mol. The second kappa shape index (κ2) is 7.93. The minimum atomic E-state index is -1.20. The first kappa shape index (κ1) is 17.9. The Morgan fingerprint density at radius 3 is 2.05 bits per heavy atom. The SMILES string of the molecule is NO[C@@H]1CC(O)[C@H](O)C(COC2CC(O)C(O)C(CO)O2)O1. The fourth-order valence-electron chi connectivity index (χ4n) is 2.52. The third kappa shape index (κ3) is 4.11. The van der Waals surface area contributed by atoms with E-state index in [-0.39, 0.29) is 19.4 Å². The number of rotatable bonds is 5. The summed E-state index contributed by atoms with van der Waals surface area (Å²) in [6.45, 7) is -0.619. The molecule has 2 fully saturated rings. The minimum Gasteiger partial charge on any atom is -0.394 e. The molecule has 2 aliphatic rings. The van der Waals surface area contributed by atoms with Gasteiger partial charge in [-0.2, -0.15) is 0 Å². The van der Waals surface area contributed by atoms with Gasteiger partial charge < -0.3 is 39.7 Å². The molecule has 2 saturated heterocycles. The Bertz CT molecular complexity index is 347. The van der Waals surface area contributed by atoms with Gasteiger partial charge in [0, 0.05) is 12.8 Å². The monoisotopic (exact) mass is 325 g/mol. The molecule has 0 aromatic carbocycles. The number of aliphatic hydroxyl groups is 5. The third-order valence-corrected chi connectivity index (χ3v) is 3.85. The molecule has 2 rings (SSSR count). The molecule has 22 heavy (non-hydrogen) atoms. The topological polar surface area (TPSA) is 164 Å². The Kier molecular flexibility index (Phi) is 6.46. The summed E-state index contributed by atoms with van der Waals surface area (Å²) in [5, 5.41) is 47.9. The van der Waals surface area contributed by atoms with Gasteiger partial charge in [-0.3, -0.25) is 4.84 Å². The van der Waals surface area contributed by atoms with E-state index in [2.05, 4.69) is 4.84 Å². The Labute approximate surface area is 126 Å². The van der Waals surface area contributed by atoms with Crippen LogP contribution in [-0.4, -0.2) is 88.0 Å². The van der Waals surface area contributed by atoms with Crippen molar-refractivity contribution in [2.45, 2.75) is 62.0 Å². The van der Waals surface area contributed by atoms with Crippen molar-refractivity contribution in [2.75, 3.05) is 13.2 Å². The summed E-state index contributed by atoms with van der Waals surface area (Å²) in [5.41, 5.74) is 0. The van der Waals surface area contributed by atoms with Gasteiger partial charge in [0.15, 0.2) is 12.6 Å². The lowest BCUT2D eigenvalue weighted by Gasteiger charge is -2.39. The van der Waals surface area contributed by atoms with Gasteiger partial charge in [-0.05, 0) is 0 Å². The molecule has 7 N–H and O–H groups in total. The molecule has 0 aliphatic carbocycles.